The minimum absolute atomic E-state index is 0.323. The van der Waals surface area contributed by atoms with Crippen molar-refractivity contribution in [2.45, 2.75) is 77.9 Å². The van der Waals surface area contributed by atoms with E-state index < -0.39 is 0 Å². The van der Waals surface area contributed by atoms with E-state index in [2.05, 4.69) is 44.8 Å². The maximum atomic E-state index is 3.79. The standard InChI is InChI=1S/C16H32N2/c1-6-16(5)11-18(13(4)14-8-7-9-14)15(10-17-16)12(2)3/h12-15,17H,6-11H2,1-5H3. The van der Waals surface area contributed by atoms with Crippen LogP contribution in [0.25, 0.3) is 0 Å². The lowest BCUT2D eigenvalue weighted by Gasteiger charge is -2.52. The van der Waals surface area contributed by atoms with Crippen LogP contribution in [0.1, 0.15) is 60.3 Å². The third-order valence-corrected chi connectivity index (χ3v) is 5.60. The van der Waals surface area contributed by atoms with Gasteiger partial charge in [-0.05, 0) is 44.9 Å². The summed E-state index contributed by atoms with van der Waals surface area (Å²) in [6.07, 6.45) is 5.60. The monoisotopic (exact) mass is 252 g/mol. The number of rotatable bonds is 4. The van der Waals surface area contributed by atoms with E-state index in [1.807, 2.05) is 0 Å². The third-order valence-electron chi connectivity index (χ3n) is 5.60. The van der Waals surface area contributed by atoms with Gasteiger partial charge in [0.2, 0.25) is 0 Å². The van der Waals surface area contributed by atoms with Crippen molar-refractivity contribution in [2.75, 3.05) is 13.1 Å². The van der Waals surface area contributed by atoms with Gasteiger partial charge in [0.15, 0.2) is 0 Å². The van der Waals surface area contributed by atoms with Crippen molar-refractivity contribution < 1.29 is 0 Å². The third kappa shape index (κ3) is 2.75. The molecule has 0 amide bonds. The van der Waals surface area contributed by atoms with Gasteiger partial charge in [0.1, 0.15) is 0 Å². The second-order valence-electron chi connectivity index (χ2n) is 7.21. The van der Waals surface area contributed by atoms with Crippen molar-refractivity contribution in [3.63, 3.8) is 0 Å². The summed E-state index contributed by atoms with van der Waals surface area (Å²) in [6, 6.07) is 1.50. The van der Waals surface area contributed by atoms with Crippen LogP contribution in [-0.4, -0.2) is 35.6 Å². The van der Waals surface area contributed by atoms with Crippen LogP contribution in [0.4, 0.5) is 0 Å². The Morgan fingerprint density at radius 3 is 2.39 bits per heavy atom. The van der Waals surface area contributed by atoms with E-state index in [9.17, 15) is 0 Å². The van der Waals surface area contributed by atoms with E-state index in [-0.39, 0.29) is 0 Å². The fourth-order valence-corrected chi connectivity index (χ4v) is 3.54. The lowest BCUT2D eigenvalue weighted by atomic mass is 9.77. The number of nitrogens with zero attached hydrogens (tertiary/aromatic N) is 1. The summed E-state index contributed by atoms with van der Waals surface area (Å²) in [7, 11) is 0. The van der Waals surface area contributed by atoms with Crippen LogP contribution in [0.15, 0.2) is 0 Å². The molecule has 0 bridgehead atoms. The maximum Gasteiger partial charge on any atom is 0.0278 e. The van der Waals surface area contributed by atoms with Crippen LogP contribution in [0.5, 0.6) is 0 Å². The molecule has 1 aliphatic carbocycles. The smallest absolute Gasteiger partial charge is 0.0278 e. The summed E-state index contributed by atoms with van der Waals surface area (Å²) in [5, 5.41) is 3.79. The molecule has 0 radical (unpaired) electrons. The van der Waals surface area contributed by atoms with E-state index in [0.717, 1.165) is 23.9 Å². The summed E-state index contributed by atoms with van der Waals surface area (Å²) in [5.74, 6) is 1.71. The van der Waals surface area contributed by atoms with E-state index in [0.29, 0.717) is 5.54 Å². The molecule has 2 aliphatic rings. The lowest BCUT2D eigenvalue weighted by molar-refractivity contribution is -0.00490. The first-order chi connectivity index (χ1) is 8.47. The van der Waals surface area contributed by atoms with Gasteiger partial charge >= 0.3 is 0 Å². The second-order valence-corrected chi connectivity index (χ2v) is 7.21. The first-order valence-electron chi connectivity index (χ1n) is 7.97. The van der Waals surface area contributed by atoms with Gasteiger partial charge in [-0.2, -0.15) is 0 Å². The first kappa shape index (κ1) is 14.3. The Balaban J connectivity index is 2.08. The SMILES string of the molecule is CCC1(C)CN(C(C)C2CCC2)C(C(C)C)CN1. The molecular formula is C16H32N2. The zero-order valence-electron chi connectivity index (χ0n) is 13.0. The van der Waals surface area contributed by atoms with Crippen molar-refractivity contribution in [1.82, 2.24) is 10.2 Å². The fraction of sp³-hybridized carbons (Fsp3) is 1.00. The number of hydrogen-bond acceptors (Lipinski definition) is 2. The molecule has 2 nitrogen and oxygen atoms in total. The molecule has 3 unspecified atom stereocenters. The zero-order valence-corrected chi connectivity index (χ0v) is 13.0. The van der Waals surface area contributed by atoms with E-state index >= 15 is 0 Å². The molecule has 1 saturated carbocycles. The first-order valence-corrected chi connectivity index (χ1v) is 7.97. The Morgan fingerprint density at radius 1 is 1.28 bits per heavy atom. The van der Waals surface area contributed by atoms with Crippen molar-refractivity contribution in [3.8, 4) is 0 Å². The highest BCUT2D eigenvalue weighted by molar-refractivity contribution is 4.98. The Hall–Kier alpha value is -0.0800. The fourth-order valence-electron chi connectivity index (χ4n) is 3.54. The molecule has 18 heavy (non-hydrogen) atoms. The van der Waals surface area contributed by atoms with Crippen molar-refractivity contribution in [1.29, 1.82) is 0 Å². The van der Waals surface area contributed by atoms with Gasteiger partial charge < -0.3 is 5.32 Å². The predicted molar refractivity (Wildman–Crippen MR) is 78.8 cm³/mol. The Kier molecular flexibility index (Phi) is 4.38. The second kappa shape index (κ2) is 5.50. The van der Waals surface area contributed by atoms with Gasteiger partial charge in [-0.15, -0.1) is 0 Å². The van der Waals surface area contributed by atoms with Crippen molar-refractivity contribution in [2.24, 2.45) is 11.8 Å². The average molecular weight is 252 g/mol. The summed E-state index contributed by atoms with van der Waals surface area (Å²) in [5.41, 5.74) is 0.323. The van der Waals surface area contributed by atoms with Gasteiger partial charge in [0.05, 0.1) is 0 Å². The molecule has 0 aromatic heterocycles. The molecule has 2 heteroatoms. The quantitative estimate of drug-likeness (QED) is 0.826. The highest BCUT2D eigenvalue weighted by atomic mass is 15.3. The molecule has 0 spiro atoms. The molecule has 0 aromatic carbocycles. The summed E-state index contributed by atoms with van der Waals surface area (Å²) in [4.78, 5) is 2.83. The molecule has 106 valence electrons. The topological polar surface area (TPSA) is 15.3 Å². The Labute approximate surface area is 114 Å². The maximum absolute atomic E-state index is 3.79. The van der Waals surface area contributed by atoms with E-state index in [1.165, 1.54) is 38.8 Å². The lowest BCUT2D eigenvalue weighted by Crippen LogP contribution is -2.66. The molecule has 1 heterocycles. The number of nitrogens with one attached hydrogen (secondary N) is 1. The molecule has 2 rings (SSSR count). The van der Waals surface area contributed by atoms with Gasteiger partial charge in [0.25, 0.3) is 0 Å². The van der Waals surface area contributed by atoms with Gasteiger partial charge in [-0.3, -0.25) is 4.90 Å². The van der Waals surface area contributed by atoms with E-state index in [1.54, 1.807) is 0 Å². The Bertz CT molecular complexity index is 272. The highest BCUT2D eigenvalue weighted by Gasteiger charge is 2.40. The van der Waals surface area contributed by atoms with Crippen LogP contribution in [0.3, 0.4) is 0 Å². The van der Waals surface area contributed by atoms with Crippen LogP contribution in [0, 0.1) is 11.8 Å². The van der Waals surface area contributed by atoms with Crippen LogP contribution in [0.2, 0.25) is 0 Å². The van der Waals surface area contributed by atoms with Crippen LogP contribution < -0.4 is 5.32 Å². The number of hydrogen-bond donors (Lipinski definition) is 1. The Morgan fingerprint density at radius 2 is 1.94 bits per heavy atom. The molecule has 1 saturated heterocycles. The zero-order chi connectivity index (χ0) is 13.3. The summed E-state index contributed by atoms with van der Waals surface area (Å²) < 4.78 is 0. The van der Waals surface area contributed by atoms with Crippen LogP contribution >= 0.6 is 0 Å². The largest absolute Gasteiger partial charge is 0.309 e. The summed E-state index contributed by atoms with van der Waals surface area (Å²) in [6.45, 7) is 14.3. The van der Waals surface area contributed by atoms with Crippen molar-refractivity contribution in [3.05, 3.63) is 0 Å². The number of piperazine rings is 1. The minimum atomic E-state index is 0.323. The van der Waals surface area contributed by atoms with Crippen molar-refractivity contribution >= 4 is 0 Å². The van der Waals surface area contributed by atoms with Gasteiger partial charge in [-0.1, -0.05) is 27.2 Å². The molecule has 1 aliphatic heterocycles. The molecule has 1 N–H and O–H groups in total. The minimum Gasteiger partial charge on any atom is -0.309 e. The van der Waals surface area contributed by atoms with Gasteiger partial charge in [-0.25, -0.2) is 0 Å². The predicted octanol–water partition coefficient (Wildman–Crippen LogP) is 3.27. The highest BCUT2D eigenvalue weighted by Crippen LogP contribution is 2.35. The summed E-state index contributed by atoms with van der Waals surface area (Å²) >= 11 is 0. The molecule has 2 fully saturated rings. The van der Waals surface area contributed by atoms with Gasteiger partial charge in [0, 0.05) is 30.7 Å². The average Bonchev–Trinajstić information content (AvgIpc) is 2.26. The normalized spacial score (nSPS) is 36.7. The molecular weight excluding hydrogens is 220 g/mol. The van der Waals surface area contributed by atoms with Crippen LogP contribution in [-0.2, 0) is 0 Å². The molecule has 0 aromatic rings. The van der Waals surface area contributed by atoms with E-state index in [4.69, 9.17) is 0 Å². The molecule has 3 atom stereocenters.